The molecule has 0 aliphatic heterocycles. The predicted octanol–water partition coefficient (Wildman–Crippen LogP) is 14.1. The predicted molar refractivity (Wildman–Crippen MR) is 231 cm³/mol. The molecule has 262 valence electrons. The topological polar surface area (TPSA) is 0 Å². The summed E-state index contributed by atoms with van der Waals surface area (Å²) < 4.78 is 0. The van der Waals surface area contributed by atoms with Crippen molar-refractivity contribution in [1.29, 1.82) is 0 Å². The van der Waals surface area contributed by atoms with E-state index in [-0.39, 0.29) is 10.8 Å². The lowest BCUT2D eigenvalue weighted by atomic mass is 9.70. The Balaban J connectivity index is 0.000000136. The highest BCUT2D eigenvalue weighted by Gasteiger charge is 2.51. The molecule has 0 saturated heterocycles. The van der Waals surface area contributed by atoms with Crippen LogP contribution in [0.15, 0.2) is 195 Å². The molecule has 0 aromatic heterocycles. The van der Waals surface area contributed by atoms with Crippen LogP contribution in [0, 0.1) is 6.92 Å². The third-order valence-corrected chi connectivity index (χ3v) is 12.5. The zero-order valence-corrected chi connectivity index (χ0v) is 31.6. The van der Waals surface area contributed by atoms with Crippen LogP contribution < -0.4 is 0 Å². The molecular weight excluding hydrogens is 661 g/mol. The second kappa shape index (κ2) is 12.5. The van der Waals surface area contributed by atoms with Crippen LogP contribution in [0.3, 0.4) is 0 Å². The van der Waals surface area contributed by atoms with E-state index in [2.05, 4.69) is 215 Å². The molecule has 3 aliphatic rings. The van der Waals surface area contributed by atoms with Crippen molar-refractivity contribution in [2.75, 3.05) is 0 Å². The molecule has 0 heterocycles. The fourth-order valence-corrected chi connectivity index (χ4v) is 9.99. The van der Waals surface area contributed by atoms with Crippen LogP contribution in [0.2, 0.25) is 0 Å². The molecule has 0 nitrogen and oxygen atoms in total. The van der Waals surface area contributed by atoms with Crippen molar-refractivity contribution in [2.45, 2.75) is 31.6 Å². The van der Waals surface area contributed by atoms with Crippen molar-refractivity contribution in [2.24, 2.45) is 0 Å². The van der Waals surface area contributed by atoms with Gasteiger partial charge in [-0.1, -0.05) is 202 Å². The first-order valence-electron chi connectivity index (χ1n) is 19.4. The van der Waals surface area contributed by atoms with Crippen LogP contribution in [-0.2, 0) is 10.8 Å². The molecule has 11 rings (SSSR count). The molecular formula is C55H42. The quantitative estimate of drug-likeness (QED) is 0.172. The summed E-state index contributed by atoms with van der Waals surface area (Å²) in [4.78, 5) is 0. The van der Waals surface area contributed by atoms with E-state index in [9.17, 15) is 0 Å². The Morgan fingerprint density at radius 3 is 1.53 bits per heavy atom. The number of rotatable bonds is 3. The number of hydrogen-bond donors (Lipinski definition) is 0. The maximum absolute atomic E-state index is 4.50. The van der Waals surface area contributed by atoms with Gasteiger partial charge in [-0.3, -0.25) is 0 Å². The minimum absolute atomic E-state index is 0.00116. The maximum atomic E-state index is 4.50. The molecule has 8 aromatic rings. The summed E-state index contributed by atoms with van der Waals surface area (Å²) in [7, 11) is 0. The first-order valence-corrected chi connectivity index (χ1v) is 19.4. The zero-order chi connectivity index (χ0) is 37.3. The Bertz CT molecular complexity index is 2770. The highest BCUT2D eigenvalue weighted by atomic mass is 14.5. The van der Waals surface area contributed by atoms with Crippen LogP contribution in [-0.4, -0.2) is 0 Å². The monoisotopic (exact) mass is 702 g/mol. The Morgan fingerprint density at radius 1 is 0.400 bits per heavy atom. The summed E-state index contributed by atoms with van der Waals surface area (Å²) in [5.41, 5.74) is 23.7. The highest BCUT2D eigenvalue weighted by Crippen LogP contribution is 2.63. The van der Waals surface area contributed by atoms with E-state index in [1.54, 1.807) is 0 Å². The van der Waals surface area contributed by atoms with Gasteiger partial charge in [0.25, 0.3) is 0 Å². The summed E-state index contributed by atoms with van der Waals surface area (Å²) in [5.74, 6) is 0. The first kappa shape index (κ1) is 33.1. The molecule has 55 heavy (non-hydrogen) atoms. The summed E-state index contributed by atoms with van der Waals surface area (Å²) in [6, 6.07) is 68.4. The van der Waals surface area contributed by atoms with Crippen molar-refractivity contribution < 1.29 is 0 Å². The number of aryl methyl sites for hydroxylation is 1. The molecule has 1 spiro atoms. The van der Waals surface area contributed by atoms with Crippen molar-refractivity contribution in [3.05, 3.63) is 245 Å². The molecule has 8 aromatic carbocycles. The molecule has 0 unspecified atom stereocenters. The van der Waals surface area contributed by atoms with E-state index in [1.165, 1.54) is 94.6 Å². The number of benzene rings is 8. The highest BCUT2D eigenvalue weighted by molar-refractivity contribution is 5.96. The maximum Gasteiger partial charge on any atom is 0.0725 e. The van der Waals surface area contributed by atoms with Gasteiger partial charge < -0.3 is 0 Å². The normalized spacial score (nSPS) is 14.1. The van der Waals surface area contributed by atoms with Crippen LogP contribution in [0.1, 0.15) is 63.9 Å². The van der Waals surface area contributed by atoms with Crippen LogP contribution in [0.25, 0.3) is 50.1 Å². The van der Waals surface area contributed by atoms with Crippen molar-refractivity contribution >= 4 is 5.57 Å². The largest absolute Gasteiger partial charge is 0.0905 e. The fraction of sp³-hybridized carbons (Fsp3) is 0.0909. The van der Waals surface area contributed by atoms with E-state index < -0.39 is 0 Å². The fourth-order valence-electron chi connectivity index (χ4n) is 9.99. The molecule has 0 saturated carbocycles. The van der Waals surface area contributed by atoms with Gasteiger partial charge in [0.1, 0.15) is 0 Å². The Labute approximate surface area is 325 Å². The average molecular weight is 703 g/mol. The molecule has 0 N–H and O–H groups in total. The van der Waals surface area contributed by atoms with E-state index in [0.717, 1.165) is 5.57 Å². The molecule has 0 amide bonds. The lowest BCUT2D eigenvalue weighted by Gasteiger charge is -2.30. The smallest absolute Gasteiger partial charge is 0.0725 e. The van der Waals surface area contributed by atoms with E-state index >= 15 is 0 Å². The molecule has 0 atom stereocenters. The van der Waals surface area contributed by atoms with Crippen molar-refractivity contribution in [3.8, 4) is 44.5 Å². The van der Waals surface area contributed by atoms with Gasteiger partial charge in [0.2, 0.25) is 0 Å². The van der Waals surface area contributed by atoms with Gasteiger partial charge in [0.15, 0.2) is 0 Å². The molecule has 0 radical (unpaired) electrons. The van der Waals surface area contributed by atoms with Crippen molar-refractivity contribution in [1.82, 2.24) is 0 Å². The second-order valence-electron chi connectivity index (χ2n) is 15.7. The van der Waals surface area contributed by atoms with Gasteiger partial charge >= 0.3 is 0 Å². The molecule has 0 bridgehead atoms. The Kier molecular flexibility index (Phi) is 7.55. The van der Waals surface area contributed by atoms with Crippen molar-refractivity contribution in [3.63, 3.8) is 0 Å². The Morgan fingerprint density at radius 2 is 0.873 bits per heavy atom. The molecule has 0 heteroatoms. The molecule has 3 aliphatic carbocycles. The van der Waals surface area contributed by atoms with E-state index in [0.29, 0.717) is 0 Å². The second-order valence-corrected chi connectivity index (χ2v) is 15.7. The minimum atomic E-state index is -0.189. The average Bonchev–Trinajstić information content (AvgIpc) is 3.80. The SMILES string of the molecule is C=C(c1ccc2c(c1)C(C)(C)c1ccccc1-2)c1ccccc1-c1ccccc1.Cc1cccc2c1-c1ccccc1C21c2ccccc2-c2ccccc21. The van der Waals surface area contributed by atoms with Gasteiger partial charge in [-0.15, -0.1) is 0 Å². The summed E-state index contributed by atoms with van der Waals surface area (Å²) in [5, 5.41) is 0. The van der Waals surface area contributed by atoms with E-state index in [1.807, 2.05) is 0 Å². The van der Waals surface area contributed by atoms with Gasteiger partial charge in [-0.25, -0.2) is 0 Å². The number of fused-ring (bicyclic) bond motifs is 13. The third kappa shape index (κ3) is 4.78. The van der Waals surface area contributed by atoms with Gasteiger partial charge in [-0.2, -0.15) is 0 Å². The van der Waals surface area contributed by atoms with E-state index in [4.69, 9.17) is 0 Å². The lowest BCUT2D eigenvalue weighted by Crippen LogP contribution is -2.25. The third-order valence-electron chi connectivity index (χ3n) is 12.5. The standard InChI is InChI=1S/C29H24.C26H18/c1-20(23-13-7-8-14-24(23)21-11-5-4-6-12-21)22-17-18-26-25-15-9-10-16-27(25)29(2,3)28(26)19-22;1-17-9-8-16-24-25(17)20-12-4-7-15-23(20)26(24)21-13-5-2-10-18(21)19-11-3-6-14-22(19)26/h4-19H,1H2,2-3H3;2-16H,1H3. The summed E-state index contributed by atoms with van der Waals surface area (Å²) in [6.07, 6.45) is 0. The van der Waals surface area contributed by atoms with Gasteiger partial charge in [0.05, 0.1) is 5.41 Å². The first-order chi connectivity index (χ1) is 26.9. The van der Waals surface area contributed by atoms with Crippen LogP contribution in [0.5, 0.6) is 0 Å². The summed E-state index contributed by atoms with van der Waals surface area (Å²) in [6.45, 7) is 11.4. The van der Waals surface area contributed by atoms with Crippen LogP contribution in [0.4, 0.5) is 0 Å². The summed E-state index contributed by atoms with van der Waals surface area (Å²) >= 11 is 0. The molecule has 0 fully saturated rings. The number of hydrogen-bond acceptors (Lipinski definition) is 0. The van der Waals surface area contributed by atoms with Gasteiger partial charge in [0, 0.05) is 5.41 Å². The lowest BCUT2D eigenvalue weighted by molar-refractivity contribution is 0.660. The minimum Gasteiger partial charge on any atom is -0.0905 e. The Hall–Kier alpha value is -6.50. The zero-order valence-electron chi connectivity index (χ0n) is 31.6. The van der Waals surface area contributed by atoms with Crippen LogP contribution >= 0.6 is 0 Å². The van der Waals surface area contributed by atoms with Gasteiger partial charge in [-0.05, 0) is 113 Å².